The van der Waals surface area contributed by atoms with Crippen molar-refractivity contribution in [3.05, 3.63) is 70.4 Å². The highest BCUT2D eigenvalue weighted by molar-refractivity contribution is 7.15. The van der Waals surface area contributed by atoms with Gasteiger partial charge in [-0.15, -0.1) is 22.7 Å². The van der Waals surface area contributed by atoms with E-state index in [2.05, 4.69) is 25.3 Å². The number of benzene rings is 1. The molecular formula is C19H16N6OS2. The van der Waals surface area contributed by atoms with Gasteiger partial charge in [-0.05, 0) is 37.6 Å². The van der Waals surface area contributed by atoms with Crippen LogP contribution in [0, 0.1) is 13.8 Å². The number of carbonyl (C=O) groups is 1. The van der Waals surface area contributed by atoms with Crippen LogP contribution in [0.25, 0.3) is 0 Å². The zero-order chi connectivity index (χ0) is 19.5. The summed E-state index contributed by atoms with van der Waals surface area (Å²) in [6, 6.07) is 7.28. The van der Waals surface area contributed by atoms with E-state index in [4.69, 9.17) is 0 Å². The van der Waals surface area contributed by atoms with E-state index >= 15 is 0 Å². The molecular weight excluding hydrogens is 392 g/mol. The maximum Gasteiger partial charge on any atom is 0.257 e. The number of rotatable bonds is 5. The number of aromatic nitrogens is 4. The molecule has 0 fully saturated rings. The summed E-state index contributed by atoms with van der Waals surface area (Å²) in [6.45, 7) is 3.92. The molecule has 0 radical (unpaired) electrons. The molecule has 1 amide bonds. The summed E-state index contributed by atoms with van der Waals surface area (Å²) in [4.78, 5) is 33.0. The lowest BCUT2D eigenvalue weighted by molar-refractivity contribution is 0.102. The lowest BCUT2D eigenvalue weighted by atomic mass is 10.1. The first-order chi connectivity index (χ1) is 13.6. The quantitative estimate of drug-likeness (QED) is 0.514. The van der Waals surface area contributed by atoms with Crippen molar-refractivity contribution in [1.82, 2.24) is 19.9 Å². The smallest absolute Gasteiger partial charge is 0.257 e. The summed E-state index contributed by atoms with van der Waals surface area (Å²) >= 11 is 2.91. The van der Waals surface area contributed by atoms with Gasteiger partial charge in [0.05, 0.1) is 5.69 Å². The molecule has 7 nitrogen and oxygen atoms in total. The minimum atomic E-state index is -0.219. The van der Waals surface area contributed by atoms with E-state index in [1.54, 1.807) is 36.9 Å². The fourth-order valence-corrected chi connectivity index (χ4v) is 3.91. The third-order valence-corrected chi connectivity index (χ3v) is 5.50. The summed E-state index contributed by atoms with van der Waals surface area (Å²) < 4.78 is 0. The third kappa shape index (κ3) is 3.75. The maximum absolute atomic E-state index is 12.7. The Balaban J connectivity index is 1.73. The van der Waals surface area contributed by atoms with Gasteiger partial charge < -0.3 is 0 Å². The van der Waals surface area contributed by atoms with E-state index in [1.165, 1.54) is 22.7 Å². The van der Waals surface area contributed by atoms with Crippen molar-refractivity contribution in [2.45, 2.75) is 13.8 Å². The maximum atomic E-state index is 12.7. The van der Waals surface area contributed by atoms with E-state index in [-0.39, 0.29) is 5.91 Å². The average molecular weight is 409 g/mol. The fourth-order valence-electron chi connectivity index (χ4n) is 2.60. The molecule has 0 aliphatic rings. The number of hydrogen-bond donors (Lipinski definition) is 1. The Kier molecular flexibility index (Phi) is 5.09. The van der Waals surface area contributed by atoms with Crippen LogP contribution < -0.4 is 10.2 Å². The molecule has 1 N–H and O–H groups in total. The second kappa shape index (κ2) is 7.83. The van der Waals surface area contributed by atoms with E-state index in [9.17, 15) is 4.79 Å². The molecule has 3 aromatic heterocycles. The normalized spacial score (nSPS) is 10.6. The van der Waals surface area contributed by atoms with Gasteiger partial charge in [0.15, 0.2) is 10.3 Å². The Hall–Kier alpha value is -3.17. The second-order valence-electron chi connectivity index (χ2n) is 5.93. The minimum absolute atomic E-state index is 0.219. The number of nitrogens with one attached hydrogen (secondary N) is 1. The topological polar surface area (TPSA) is 83.9 Å². The number of hydrogen-bond acceptors (Lipinski definition) is 8. The number of nitrogens with zero attached hydrogens (tertiary/aromatic N) is 5. The first-order valence-corrected chi connectivity index (χ1v) is 10.1. The lowest BCUT2D eigenvalue weighted by Crippen LogP contribution is -2.16. The van der Waals surface area contributed by atoms with Gasteiger partial charge in [-0.2, -0.15) is 0 Å². The highest BCUT2D eigenvalue weighted by Gasteiger charge is 2.20. The van der Waals surface area contributed by atoms with Gasteiger partial charge in [0.1, 0.15) is 0 Å². The van der Waals surface area contributed by atoms with Crippen molar-refractivity contribution < 1.29 is 4.79 Å². The van der Waals surface area contributed by atoms with Crippen LogP contribution in [0.1, 0.15) is 20.8 Å². The third-order valence-electron chi connectivity index (χ3n) is 3.92. The van der Waals surface area contributed by atoms with Gasteiger partial charge in [-0.25, -0.2) is 19.9 Å². The Morgan fingerprint density at radius 3 is 2.57 bits per heavy atom. The highest BCUT2D eigenvalue weighted by Crippen LogP contribution is 2.35. The molecule has 4 aromatic rings. The van der Waals surface area contributed by atoms with E-state index < -0.39 is 0 Å². The lowest BCUT2D eigenvalue weighted by Gasteiger charge is -2.22. The van der Waals surface area contributed by atoms with Crippen molar-refractivity contribution in [2.24, 2.45) is 0 Å². The number of carbonyl (C=O) groups excluding carboxylic acids is 1. The van der Waals surface area contributed by atoms with Crippen molar-refractivity contribution in [3.8, 4) is 0 Å². The van der Waals surface area contributed by atoms with Crippen LogP contribution in [-0.4, -0.2) is 25.8 Å². The zero-order valence-corrected chi connectivity index (χ0v) is 16.8. The van der Waals surface area contributed by atoms with Crippen molar-refractivity contribution in [2.75, 3.05) is 10.2 Å². The van der Waals surface area contributed by atoms with Crippen LogP contribution in [0.4, 0.5) is 21.9 Å². The van der Waals surface area contributed by atoms with Crippen LogP contribution in [0.15, 0.2) is 54.4 Å². The van der Waals surface area contributed by atoms with E-state index in [0.717, 1.165) is 21.3 Å². The SMILES string of the molecule is Cc1cnc(NC(=O)c2ccc(C)c(N(c3ncccn3)c3nccs3)c2)s1. The Morgan fingerprint density at radius 1 is 1.07 bits per heavy atom. The van der Waals surface area contributed by atoms with Crippen LogP contribution >= 0.6 is 22.7 Å². The molecule has 1 aromatic carbocycles. The first-order valence-electron chi connectivity index (χ1n) is 8.43. The van der Waals surface area contributed by atoms with Crippen LogP contribution in [-0.2, 0) is 0 Å². The summed E-state index contributed by atoms with van der Waals surface area (Å²) in [5.41, 5.74) is 2.29. The van der Waals surface area contributed by atoms with Gasteiger partial charge in [-0.3, -0.25) is 15.0 Å². The number of anilines is 4. The molecule has 0 aliphatic heterocycles. The summed E-state index contributed by atoms with van der Waals surface area (Å²) in [6.07, 6.45) is 6.82. The minimum Gasteiger partial charge on any atom is -0.298 e. The Labute approximate surface area is 169 Å². The van der Waals surface area contributed by atoms with Crippen molar-refractivity contribution in [3.63, 3.8) is 0 Å². The van der Waals surface area contributed by atoms with Crippen molar-refractivity contribution in [1.29, 1.82) is 0 Å². The summed E-state index contributed by atoms with van der Waals surface area (Å²) in [5.74, 6) is 0.275. The average Bonchev–Trinajstić information content (AvgIpc) is 3.36. The molecule has 140 valence electrons. The highest BCUT2D eigenvalue weighted by atomic mass is 32.1. The molecule has 0 atom stereocenters. The number of thiazole rings is 2. The number of aryl methyl sites for hydroxylation is 2. The summed E-state index contributed by atoms with van der Waals surface area (Å²) in [5, 5.41) is 6.04. The van der Waals surface area contributed by atoms with E-state index in [0.29, 0.717) is 16.6 Å². The van der Waals surface area contributed by atoms with Gasteiger partial charge in [-0.1, -0.05) is 6.07 Å². The van der Waals surface area contributed by atoms with Gasteiger partial charge >= 0.3 is 0 Å². The van der Waals surface area contributed by atoms with Gasteiger partial charge in [0.2, 0.25) is 5.95 Å². The van der Waals surface area contributed by atoms with Gasteiger partial charge in [0.25, 0.3) is 5.91 Å². The Morgan fingerprint density at radius 2 is 1.89 bits per heavy atom. The predicted molar refractivity (Wildman–Crippen MR) is 112 cm³/mol. The molecule has 0 saturated heterocycles. The zero-order valence-electron chi connectivity index (χ0n) is 15.2. The summed E-state index contributed by atoms with van der Waals surface area (Å²) in [7, 11) is 0. The molecule has 3 heterocycles. The molecule has 0 unspecified atom stereocenters. The molecule has 0 bridgehead atoms. The van der Waals surface area contributed by atoms with Crippen molar-refractivity contribution >= 4 is 50.5 Å². The monoisotopic (exact) mass is 408 g/mol. The number of amides is 1. The molecule has 0 aliphatic carbocycles. The molecule has 4 rings (SSSR count). The first kappa shape index (κ1) is 18.2. The fraction of sp³-hybridized carbons (Fsp3) is 0.105. The van der Waals surface area contributed by atoms with E-state index in [1.807, 2.05) is 36.3 Å². The van der Waals surface area contributed by atoms with Gasteiger partial charge in [0, 0.05) is 40.6 Å². The molecule has 9 heteroatoms. The largest absolute Gasteiger partial charge is 0.298 e. The Bertz CT molecular complexity index is 1090. The van der Waals surface area contributed by atoms with Crippen LogP contribution in [0.3, 0.4) is 0 Å². The van der Waals surface area contributed by atoms with Crippen LogP contribution in [0.5, 0.6) is 0 Å². The molecule has 28 heavy (non-hydrogen) atoms. The molecule has 0 saturated carbocycles. The van der Waals surface area contributed by atoms with Crippen LogP contribution in [0.2, 0.25) is 0 Å². The standard InChI is InChI=1S/C19H16N6OS2/c1-12-4-5-14(16(26)24-18-23-11-13(2)28-18)10-15(12)25(19-22-8-9-27-19)17-20-6-3-7-21-17/h3-11H,1-2H3,(H,23,24,26). The molecule has 0 spiro atoms. The second-order valence-corrected chi connectivity index (χ2v) is 8.04. The predicted octanol–water partition coefficient (Wildman–Crippen LogP) is 4.73.